The summed E-state index contributed by atoms with van der Waals surface area (Å²) in [4.78, 5) is 13.6. The molecule has 144 valence electrons. The Hall–Kier alpha value is -2.09. The maximum atomic E-state index is 12.4. The molecule has 0 saturated carbocycles. The molecule has 0 aliphatic carbocycles. The molecule has 8 heteroatoms. The fourth-order valence-corrected chi connectivity index (χ4v) is 4.00. The molecule has 1 saturated heterocycles. The monoisotopic (exact) mass is 408 g/mol. The lowest BCUT2D eigenvalue weighted by Crippen LogP contribution is -2.28. The predicted molar refractivity (Wildman–Crippen MR) is 105 cm³/mol. The third kappa shape index (κ3) is 4.80. The first-order valence-electron chi connectivity index (χ1n) is 8.66. The van der Waals surface area contributed by atoms with Crippen LogP contribution in [0.1, 0.15) is 18.4 Å². The molecule has 1 N–H and O–H groups in total. The third-order valence-electron chi connectivity index (χ3n) is 4.34. The number of rotatable bonds is 7. The van der Waals surface area contributed by atoms with Gasteiger partial charge in [-0.3, -0.25) is 4.79 Å². The van der Waals surface area contributed by atoms with E-state index >= 15 is 0 Å². The predicted octanol–water partition coefficient (Wildman–Crippen LogP) is 3.13. The molecule has 0 aromatic heterocycles. The molecule has 1 aliphatic heterocycles. The van der Waals surface area contributed by atoms with Crippen LogP contribution in [-0.2, 0) is 14.8 Å². The highest BCUT2D eigenvalue weighted by Gasteiger charge is 2.22. The van der Waals surface area contributed by atoms with Crippen molar-refractivity contribution in [1.29, 1.82) is 0 Å². The molecule has 1 amide bonds. The lowest BCUT2D eigenvalue weighted by Gasteiger charge is -2.16. The second-order valence-corrected chi connectivity index (χ2v) is 8.47. The Morgan fingerprint density at radius 2 is 1.93 bits per heavy atom. The molecule has 0 radical (unpaired) electrons. The van der Waals surface area contributed by atoms with Crippen molar-refractivity contribution in [3.8, 4) is 5.75 Å². The summed E-state index contributed by atoms with van der Waals surface area (Å²) in [5.41, 5.74) is 1.67. The number of anilines is 1. The minimum atomic E-state index is -3.64. The van der Waals surface area contributed by atoms with E-state index in [-0.39, 0.29) is 24.0 Å². The largest absolute Gasteiger partial charge is 0.492 e. The number of nitrogens with zero attached hydrogens (tertiary/aromatic N) is 1. The molecule has 2 aromatic carbocycles. The molecule has 3 rings (SSSR count). The van der Waals surface area contributed by atoms with Crippen LogP contribution in [0.25, 0.3) is 0 Å². The first kappa shape index (κ1) is 19.7. The SMILES string of the molecule is Cc1ccc(OCCNS(=O)(=O)c2ccc(N3CCCC3=O)cc2)cc1Cl. The van der Waals surface area contributed by atoms with Gasteiger partial charge in [0.05, 0.1) is 4.90 Å². The number of amides is 1. The Bertz CT molecular complexity index is 929. The fourth-order valence-electron chi connectivity index (χ4n) is 2.82. The van der Waals surface area contributed by atoms with E-state index in [1.54, 1.807) is 29.2 Å². The number of benzene rings is 2. The normalized spacial score (nSPS) is 14.6. The van der Waals surface area contributed by atoms with E-state index in [0.717, 1.165) is 17.7 Å². The average molecular weight is 409 g/mol. The van der Waals surface area contributed by atoms with Crippen molar-refractivity contribution in [3.05, 3.63) is 53.1 Å². The Balaban J connectivity index is 1.54. The van der Waals surface area contributed by atoms with E-state index in [1.807, 2.05) is 13.0 Å². The van der Waals surface area contributed by atoms with Gasteiger partial charge in [-0.15, -0.1) is 0 Å². The Morgan fingerprint density at radius 3 is 2.56 bits per heavy atom. The standard InChI is InChI=1S/C19H21ClN2O4S/c1-14-4-7-16(13-18(14)20)26-12-10-21-27(24,25)17-8-5-15(6-9-17)22-11-2-3-19(22)23/h4-9,13,21H,2-3,10-12H2,1H3. The summed E-state index contributed by atoms with van der Waals surface area (Å²) in [7, 11) is -3.64. The van der Waals surface area contributed by atoms with Crippen molar-refractivity contribution in [3.63, 3.8) is 0 Å². The number of carbonyl (C=O) groups is 1. The van der Waals surface area contributed by atoms with Crippen molar-refractivity contribution in [1.82, 2.24) is 4.72 Å². The van der Waals surface area contributed by atoms with Crippen LogP contribution in [0.5, 0.6) is 5.75 Å². The minimum absolute atomic E-state index is 0.0668. The molecule has 2 aromatic rings. The van der Waals surface area contributed by atoms with Crippen LogP contribution in [0.2, 0.25) is 5.02 Å². The van der Waals surface area contributed by atoms with Crippen molar-refractivity contribution < 1.29 is 17.9 Å². The molecule has 0 atom stereocenters. The number of hydrogen-bond acceptors (Lipinski definition) is 4. The number of aryl methyl sites for hydroxylation is 1. The molecular formula is C19H21ClN2O4S. The van der Waals surface area contributed by atoms with Crippen molar-refractivity contribution in [2.24, 2.45) is 0 Å². The fraction of sp³-hybridized carbons (Fsp3) is 0.316. The average Bonchev–Trinajstić information content (AvgIpc) is 3.08. The van der Waals surface area contributed by atoms with E-state index in [2.05, 4.69) is 4.72 Å². The summed E-state index contributed by atoms with van der Waals surface area (Å²) in [5, 5.41) is 0.602. The number of hydrogen-bond donors (Lipinski definition) is 1. The van der Waals surface area contributed by atoms with Gasteiger partial charge in [0.25, 0.3) is 0 Å². The number of carbonyl (C=O) groups excluding carboxylic acids is 1. The second kappa shape index (κ2) is 8.29. The highest BCUT2D eigenvalue weighted by molar-refractivity contribution is 7.89. The van der Waals surface area contributed by atoms with Crippen LogP contribution < -0.4 is 14.4 Å². The van der Waals surface area contributed by atoms with Crippen LogP contribution in [-0.4, -0.2) is 34.0 Å². The molecular weight excluding hydrogens is 388 g/mol. The topological polar surface area (TPSA) is 75.7 Å². The number of sulfonamides is 1. The van der Waals surface area contributed by atoms with Gasteiger partial charge in [0.2, 0.25) is 15.9 Å². The van der Waals surface area contributed by atoms with E-state index in [9.17, 15) is 13.2 Å². The van der Waals surface area contributed by atoms with E-state index < -0.39 is 10.0 Å². The van der Waals surface area contributed by atoms with Crippen molar-refractivity contribution in [2.75, 3.05) is 24.6 Å². The van der Waals surface area contributed by atoms with Gasteiger partial charge in [-0.2, -0.15) is 0 Å². The molecule has 0 bridgehead atoms. The van der Waals surface area contributed by atoms with Gasteiger partial charge >= 0.3 is 0 Å². The number of ether oxygens (including phenoxy) is 1. The van der Waals surface area contributed by atoms with Gasteiger partial charge < -0.3 is 9.64 Å². The van der Waals surface area contributed by atoms with Crippen LogP contribution in [0, 0.1) is 6.92 Å². The second-order valence-electron chi connectivity index (χ2n) is 6.30. The smallest absolute Gasteiger partial charge is 0.240 e. The van der Waals surface area contributed by atoms with Gasteiger partial charge in [0.15, 0.2) is 0 Å². The maximum absolute atomic E-state index is 12.4. The molecule has 6 nitrogen and oxygen atoms in total. The molecule has 0 unspecified atom stereocenters. The maximum Gasteiger partial charge on any atom is 0.240 e. The summed E-state index contributed by atoms with van der Waals surface area (Å²) in [6.45, 7) is 2.87. The summed E-state index contributed by atoms with van der Waals surface area (Å²) >= 11 is 6.03. The Morgan fingerprint density at radius 1 is 1.19 bits per heavy atom. The zero-order chi connectivity index (χ0) is 19.4. The van der Waals surface area contributed by atoms with Crippen molar-refractivity contribution in [2.45, 2.75) is 24.7 Å². The van der Waals surface area contributed by atoms with Gasteiger partial charge in [-0.05, 0) is 55.3 Å². The van der Waals surface area contributed by atoms with Crippen LogP contribution in [0.4, 0.5) is 5.69 Å². The molecule has 1 heterocycles. The number of halogens is 1. The molecule has 27 heavy (non-hydrogen) atoms. The minimum Gasteiger partial charge on any atom is -0.492 e. The third-order valence-corrected chi connectivity index (χ3v) is 6.22. The first-order valence-corrected chi connectivity index (χ1v) is 10.5. The summed E-state index contributed by atoms with van der Waals surface area (Å²) in [6.07, 6.45) is 1.36. The van der Waals surface area contributed by atoms with E-state index in [4.69, 9.17) is 16.3 Å². The van der Waals surface area contributed by atoms with Crippen LogP contribution in [0.3, 0.4) is 0 Å². The Labute approximate surface area is 164 Å². The number of nitrogens with one attached hydrogen (secondary N) is 1. The molecule has 1 fully saturated rings. The molecule has 1 aliphatic rings. The van der Waals surface area contributed by atoms with Crippen LogP contribution in [0.15, 0.2) is 47.4 Å². The summed E-state index contributed by atoms with van der Waals surface area (Å²) in [5.74, 6) is 0.654. The highest BCUT2D eigenvalue weighted by atomic mass is 35.5. The van der Waals surface area contributed by atoms with E-state index in [1.165, 1.54) is 12.1 Å². The van der Waals surface area contributed by atoms with Crippen LogP contribution >= 0.6 is 11.6 Å². The van der Waals surface area contributed by atoms with E-state index in [0.29, 0.717) is 23.7 Å². The zero-order valence-electron chi connectivity index (χ0n) is 14.9. The van der Waals surface area contributed by atoms with Crippen molar-refractivity contribution >= 4 is 33.2 Å². The van der Waals surface area contributed by atoms with Gasteiger partial charge in [0.1, 0.15) is 12.4 Å². The Kier molecular flexibility index (Phi) is 6.04. The quantitative estimate of drug-likeness (QED) is 0.714. The summed E-state index contributed by atoms with van der Waals surface area (Å²) < 4.78 is 32.8. The lowest BCUT2D eigenvalue weighted by molar-refractivity contribution is -0.117. The van der Waals surface area contributed by atoms with Gasteiger partial charge in [0, 0.05) is 30.2 Å². The summed E-state index contributed by atoms with van der Waals surface area (Å²) in [6, 6.07) is 11.6. The highest BCUT2D eigenvalue weighted by Crippen LogP contribution is 2.23. The zero-order valence-corrected chi connectivity index (χ0v) is 16.5. The molecule has 0 spiro atoms. The first-order chi connectivity index (χ1) is 12.9. The van der Waals surface area contributed by atoms with Gasteiger partial charge in [-0.1, -0.05) is 17.7 Å². The lowest BCUT2D eigenvalue weighted by atomic mass is 10.2. The van der Waals surface area contributed by atoms with Gasteiger partial charge in [-0.25, -0.2) is 13.1 Å².